The van der Waals surface area contributed by atoms with Gasteiger partial charge in [0.25, 0.3) is 5.69 Å². The highest BCUT2D eigenvalue weighted by atomic mass is 19.4. The molecule has 0 spiro atoms. The van der Waals surface area contributed by atoms with Crippen molar-refractivity contribution in [2.75, 3.05) is 0 Å². The number of hydrogen-bond acceptors (Lipinski definition) is 4. The van der Waals surface area contributed by atoms with E-state index in [2.05, 4.69) is 5.10 Å². The van der Waals surface area contributed by atoms with Gasteiger partial charge in [0.1, 0.15) is 5.82 Å². The molecule has 7 nitrogen and oxygen atoms in total. The summed E-state index contributed by atoms with van der Waals surface area (Å²) in [6.45, 7) is 2.07. The monoisotopic (exact) mass is 496 g/mol. The molecule has 0 N–H and O–H groups in total. The Labute approximate surface area is 204 Å². The van der Waals surface area contributed by atoms with E-state index in [1.165, 1.54) is 28.8 Å². The van der Waals surface area contributed by atoms with Gasteiger partial charge in [-0.25, -0.2) is 4.79 Å². The number of nitrogens with zero attached hydrogens (tertiary/aromatic N) is 4. The molecule has 0 aliphatic carbocycles. The minimum absolute atomic E-state index is 0.0204. The summed E-state index contributed by atoms with van der Waals surface area (Å²) >= 11 is 0. The smallest absolute Gasteiger partial charge is 0.274 e. The van der Waals surface area contributed by atoms with Crippen LogP contribution in [0.2, 0.25) is 0 Å². The second-order valence-electron chi connectivity index (χ2n) is 8.29. The van der Waals surface area contributed by atoms with Crippen LogP contribution in [0.1, 0.15) is 36.7 Å². The van der Waals surface area contributed by atoms with E-state index in [9.17, 15) is 28.1 Å². The number of benzene rings is 3. The summed E-state index contributed by atoms with van der Waals surface area (Å²) in [4.78, 5) is 24.2. The topological polar surface area (TPSA) is 83.0 Å². The first-order valence-electron chi connectivity index (χ1n) is 11.4. The van der Waals surface area contributed by atoms with E-state index in [0.29, 0.717) is 35.4 Å². The van der Waals surface area contributed by atoms with E-state index < -0.39 is 22.4 Å². The van der Waals surface area contributed by atoms with Crippen LogP contribution in [0.5, 0.6) is 0 Å². The fourth-order valence-corrected chi connectivity index (χ4v) is 4.02. The molecular weight excluding hydrogens is 473 g/mol. The third kappa shape index (κ3) is 5.07. The summed E-state index contributed by atoms with van der Waals surface area (Å²) in [6, 6.07) is 18.2. The van der Waals surface area contributed by atoms with Crippen molar-refractivity contribution in [1.29, 1.82) is 0 Å². The van der Waals surface area contributed by atoms with Gasteiger partial charge in [0.05, 0.1) is 28.3 Å². The Balaban J connectivity index is 1.72. The van der Waals surface area contributed by atoms with Crippen LogP contribution < -0.4 is 5.69 Å². The molecule has 0 atom stereocenters. The third-order valence-electron chi connectivity index (χ3n) is 5.84. The van der Waals surface area contributed by atoms with Crippen molar-refractivity contribution in [1.82, 2.24) is 14.3 Å². The zero-order valence-electron chi connectivity index (χ0n) is 19.4. The van der Waals surface area contributed by atoms with Gasteiger partial charge in [0.15, 0.2) is 0 Å². The molecule has 0 bridgehead atoms. The van der Waals surface area contributed by atoms with Crippen molar-refractivity contribution >= 4 is 5.69 Å². The normalized spacial score (nSPS) is 11.6. The summed E-state index contributed by atoms with van der Waals surface area (Å²) in [6.07, 6.45) is -2.67. The summed E-state index contributed by atoms with van der Waals surface area (Å²) in [7, 11) is 0. The molecule has 0 aliphatic rings. The number of rotatable bonds is 8. The Morgan fingerprint density at radius 1 is 0.972 bits per heavy atom. The predicted molar refractivity (Wildman–Crippen MR) is 129 cm³/mol. The van der Waals surface area contributed by atoms with Crippen molar-refractivity contribution in [3.05, 3.63) is 110 Å². The first-order valence-corrected chi connectivity index (χ1v) is 11.4. The van der Waals surface area contributed by atoms with E-state index >= 15 is 0 Å². The molecule has 0 fully saturated rings. The molecule has 36 heavy (non-hydrogen) atoms. The van der Waals surface area contributed by atoms with Gasteiger partial charge < -0.3 is 0 Å². The first-order chi connectivity index (χ1) is 17.2. The average molecular weight is 496 g/mol. The van der Waals surface area contributed by atoms with Crippen molar-refractivity contribution in [3.63, 3.8) is 0 Å². The molecule has 4 aromatic rings. The molecule has 1 heterocycles. The highest BCUT2D eigenvalue weighted by Gasteiger charge is 2.34. The van der Waals surface area contributed by atoms with Crippen LogP contribution in [0.4, 0.5) is 18.9 Å². The van der Waals surface area contributed by atoms with Crippen LogP contribution in [0, 0.1) is 10.1 Å². The Kier molecular flexibility index (Phi) is 7.05. The van der Waals surface area contributed by atoms with Crippen molar-refractivity contribution in [2.45, 2.75) is 38.9 Å². The molecular formula is C26H23F3N4O3. The van der Waals surface area contributed by atoms with Crippen LogP contribution in [0.15, 0.2) is 77.6 Å². The lowest BCUT2D eigenvalue weighted by atomic mass is 10.0. The van der Waals surface area contributed by atoms with Gasteiger partial charge in [-0.15, -0.1) is 5.10 Å². The summed E-state index contributed by atoms with van der Waals surface area (Å²) in [5.74, 6) is 0.390. The molecule has 4 rings (SSSR count). The number of alkyl halides is 3. The average Bonchev–Trinajstić information content (AvgIpc) is 3.17. The maximum Gasteiger partial charge on any atom is 0.418 e. The predicted octanol–water partition coefficient (Wildman–Crippen LogP) is 6.02. The molecule has 1 aromatic heterocycles. The minimum Gasteiger partial charge on any atom is -0.274 e. The van der Waals surface area contributed by atoms with E-state index in [-0.39, 0.29) is 17.9 Å². The standard InChI is InChI=1S/C26H23F3N4O3/c1-2-3-12-24-30-32(23-11-7-5-9-21(23)26(27,28)29)25(34)31(24)17-18-13-15-19(16-14-18)20-8-4-6-10-22(20)33(35)36/h4-11,13-16H,2-3,12,17H2,1H3. The molecule has 0 aliphatic heterocycles. The highest BCUT2D eigenvalue weighted by Crippen LogP contribution is 2.33. The van der Waals surface area contributed by atoms with Crippen LogP contribution in [-0.4, -0.2) is 19.3 Å². The number of unbranched alkanes of at least 4 members (excludes halogenated alkanes) is 1. The summed E-state index contributed by atoms with van der Waals surface area (Å²) in [5.41, 5.74) is -0.133. The van der Waals surface area contributed by atoms with Crippen LogP contribution in [-0.2, 0) is 19.1 Å². The number of aryl methyl sites for hydroxylation is 1. The summed E-state index contributed by atoms with van der Waals surface area (Å²) < 4.78 is 43.0. The number of hydrogen-bond donors (Lipinski definition) is 0. The lowest BCUT2D eigenvalue weighted by Crippen LogP contribution is -2.26. The van der Waals surface area contributed by atoms with Gasteiger partial charge in [-0.2, -0.15) is 17.9 Å². The van der Waals surface area contributed by atoms with Crippen LogP contribution in [0.25, 0.3) is 16.8 Å². The Hall–Kier alpha value is -4.21. The van der Waals surface area contributed by atoms with Crippen molar-refractivity contribution < 1.29 is 18.1 Å². The first kappa shape index (κ1) is 24.9. The number of para-hydroxylation sites is 2. The molecule has 0 saturated heterocycles. The Morgan fingerprint density at radius 3 is 2.31 bits per heavy atom. The summed E-state index contributed by atoms with van der Waals surface area (Å²) in [5, 5.41) is 15.6. The van der Waals surface area contributed by atoms with E-state index in [4.69, 9.17) is 0 Å². The van der Waals surface area contributed by atoms with Crippen molar-refractivity contribution in [2.24, 2.45) is 0 Å². The third-order valence-corrected chi connectivity index (χ3v) is 5.84. The molecule has 10 heteroatoms. The number of nitro benzene ring substituents is 1. The lowest BCUT2D eigenvalue weighted by molar-refractivity contribution is -0.384. The van der Waals surface area contributed by atoms with Crippen LogP contribution in [0.3, 0.4) is 0 Å². The Morgan fingerprint density at radius 2 is 1.64 bits per heavy atom. The molecule has 186 valence electrons. The van der Waals surface area contributed by atoms with Gasteiger partial charge in [-0.3, -0.25) is 14.7 Å². The minimum atomic E-state index is -4.64. The SMILES string of the molecule is CCCCc1nn(-c2ccccc2C(F)(F)F)c(=O)n1Cc1ccc(-c2ccccc2[N+](=O)[O-])cc1. The second-order valence-corrected chi connectivity index (χ2v) is 8.29. The second kappa shape index (κ2) is 10.2. The quantitative estimate of drug-likeness (QED) is 0.221. The fraction of sp³-hybridized carbons (Fsp3) is 0.231. The maximum absolute atomic E-state index is 13.6. The van der Waals surface area contributed by atoms with Gasteiger partial charge in [-0.05, 0) is 35.7 Å². The van der Waals surface area contributed by atoms with E-state index in [0.717, 1.165) is 17.2 Å². The van der Waals surface area contributed by atoms with Gasteiger partial charge >= 0.3 is 11.9 Å². The number of nitro groups is 1. The molecule has 3 aromatic carbocycles. The van der Waals surface area contributed by atoms with Gasteiger partial charge in [0, 0.05) is 12.5 Å². The molecule has 0 amide bonds. The maximum atomic E-state index is 13.6. The van der Waals surface area contributed by atoms with Crippen LogP contribution >= 0.6 is 0 Å². The van der Waals surface area contributed by atoms with E-state index in [1.54, 1.807) is 42.5 Å². The molecule has 0 unspecified atom stereocenters. The molecule has 0 radical (unpaired) electrons. The fourth-order valence-electron chi connectivity index (χ4n) is 4.02. The molecule has 0 saturated carbocycles. The van der Waals surface area contributed by atoms with Crippen molar-refractivity contribution in [3.8, 4) is 16.8 Å². The van der Waals surface area contributed by atoms with E-state index in [1.807, 2.05) is 6.92 Å². The lowest BCUT2D eigenvalue weighted by Gasteiger charge is -2.11. The van der Waals surface area contributed by atoms with Gasteiger partial charge in [-0.1, -0.05) is 61.9 Å². The zero-order valence-corrected chi connectivity index (χ0v) is 19.4. The highest BCUT2D eigenvalue weighted by molar-refractivity contribution is 5.73. The zero-order chi connectivity index (χ0) is 25.9. The number of aromatic nitrogens is 3. The van der Waals surface area contributed by atoms with Gasteiger partial charge in [0.2, 0.25) is 0 Å². The Bertz CT molecular complexity index is 1440. The number of halogens is 3. The largest absolute Gasteiger partial charge is 0.418 e.